The zero-order chi connectivity index (χ0) is 31.8. The number of benzene rings is 1. The number of aliphatic hydroxyl groups is 3. The van der Waals surface area contributed by atoms with E-state index in [-0.39, 0.29) is 18.5 Å². The van der Waals surface area contributed by atoms with E-state index in [2.05, 4.69) is 0 Å². The molecule has 1 amide bonds. The van der Waals surface area contributed by atoms with Gasteiger partial charge in [-0.15, -0.1) is 0 Å². The van der Waals surface area contributed by atoms with Crippen molar-refractivity contribution >= 4 is 17.5 Å². The van der Waals surface area contributed by atoms with Crippen molar-refractivity contribution < 1.29 is 48.0 Å². The lowest BCUT2D eigenvalue weighted by Gasteiger charge is -2.50. The van der Waals surface area contributed by atoms with Crippen molar-refractivity contribution in [2.45, 2.75) is 63.4 Å². The molecule has 1 fully saturated rings. The van der Waals surface area contributed by atoms with E-state index in [4.69, 9.17) is 5.73 Å². The Bertz CT molecular complexity index is 1460. The number of carbonyl (C=O) groups is 3. The van der Waals surface area contributed by atoms with Crippen molar-refractivity contribution in [1.29, 1.82) is 0 Å². The molecule has 0 heterocycles. The summed E-state index contributed by atoms with van der Waals surface area (Å²) in [5.41, 5.74) is -1.28. The van der Waals surface area contributed by atoms with Crippen LogP contribution in [0.1, 0.15) is 59.7 Å². The van der Waals surface area contributed by atoms with Gasteiger partial charge in [-0.25, -0.2) is 0 Å². The minimum Gasteiger partial charge on any atom is -0.510 e. The molecule has 1 saturated carbocycles. The zero-order valence-electron chi connectivity index (χ0n) is 24.2. The van der Waals surface area contributed by atoms with Crippen molar-refractivity contribution in [3.05, 3.63) is 51.0 Å². The van der Waals surface area contributed by atoms with Gasteiger partial charge < -0.3 is 26.2 Å². The summed E-state index contributed by atoms with van der Waals surface area (Å²) in [5.74, 6) is -8.54. The summed E-state index contributed by atoms with van der Waals surface area (Å²) in [6.45, 7) is 2.84. The molecule has 0 aliphatic heterocycles. The number of aromatic hydroxyl groups is 1. The highest BCUT2D eigenvalue weighted by Gasteiger charge is 2.63. The van der Waals surface area contributed by atoms with Gasteiger partial charge in [0.15, 0.2) is 11.4 Å². The van der Waals surface area contributed by atoms with Gasteiger partial charge in [-0.05, 0) is 75.4 Å². The van der Waals surface area contributed by atoms with Crippen LogP contribution in [0, 0.1) is 17.8 Å². The van der Waals surface area contributed by atoms with Gasteiger partial charge >= 0.3 is 6.18 Å². The highest BCUT2D eigenvalue weighted by molar-refractivity contribution is 6.24. The maximum Gasteiger partial charge on any atom is 0.417 e. The van der Waals surface area contributed by atoms with E-state index in [9.17, 15) is 48.0 Å². The van der Waals surface area contributed by atoms with E-state index in [0.29, 0.717) is 19.0 Å². The van der Waals surface area contributed by atoms with Crippen LogP contribution in [0.15, 0.2) is 28.7 Å². The topological polar surface area (TPSA) is 165 Å². The highest BCUT2D eigenvalue weighted by atomic mass is 19.4. The first-order valence-corrected chi connectivity index (χ1v) is 14.4. The average molecular weight is 608 g/mol. The van der Waals surface area contributed by atoms with Gasteiger partial charge in [-0.2, -0.15) is 13.2 Å². The number of allylic oxidation sites excluding steroid dienone is 1. The normalized spacial score (nSPS) is 27.8. The molecule has 0 aromatic heterocycles. The molecule has 5 rings (SSSR count). The van der Waals surface area contributed by atoms with Gasteiger partial charge in [-0.3, -0.25) is 24.2 Å². The standard InChI is InChI=1S/C30H36F3N3O7/c1-4-36(11-13-6-5-7-13)12-15-10-18(37)20-16(22(15)30(31,32)33)8-14-9-17-23(35(2)3)25(39)21(28(34)42)27(41)29(17,43)26(40)19(14)24(20)38/h10,13-14,17,23,37,39-40,43H,4-9,11-12H2,1-3H3,(H2,34,42)/t14-,17-,23-,29-/m0/s1. The molecule has 1 aromatic carbocycles. The lowest BCUT2D eigenvalue weighted by atomic mass is 9.58. The van der Waals surface area contributed by atoms with E-state index >= 15 is 0 Å². The number of alkyl halides is 3. The molecule has 4 atom stereocenters. The Morgan fingerprint density at radius 3 is 2.33 bits per heavy atom. The monoisotopic (exact) mass is 607 g/mol. The van der Waals surface area contributed by atoms with Crippen molar-refractivity contribution in [2.75, 3.05) is 27.2 Å². The molecule has 4 aliphatic rings. The summed E-state index contributed by atoms with van der Waals surface area (Å²) < 4.78 is 44.3. The second-order valence-corrected chi connectivity index (χ2v) is 12.4. The Balaban J connectivity index is 1.66. The highest BCUT2D eigenvalue weighted by Crippen LogP contribution is 2.54. The molecule has 0 bridgehead atoms. The van der Waals surface area contributed by atoms with Crippen LogP contribution in [0.25, 0.3) is 0 Å². The van der Waals surface area contributed by atoms with Crippen LogP contribution in [0.2, 0.25) is 0 Å². The van der Waals surface area contributed by atoms with Crippen LogP contribution < -0.4 is 5.73 Å². The van der Waals surface area contributed by atoms with Gasteiger partial charge in [0.1, 0.15) is 22.8 Å². The molecule has 1 aromatic rings. The quantitative estimate of drug-likeness (QED) is 0.293. The number of phenolic OH excluding ortho intramolecular Hbond substituents is 1. The number of Topliss-reactive ketones (excluding diaryl/α,β-unsaturated/α-hetero) is 2. The summed E-state index contributed by atoms with van der Waals surface area (Å²) in [6.07, 6.45) is -2.52. The fourth-order valence-corrected chi connectivity index (χ4v) is 7.45. The summed E-state index contributed by atoms with van der Waals surface area (Å²) >= 11 is 0. The molecule has 0 spiro atoms. The molecular weight excluding hydrogens is 571 g/mol. The Hall–Kier alpha value is -3.42. The predicted octanol–water partition coefficient (Wildman–Crippen LogP) is 2.76. The summed E-state index contributed by atoms with van der Waals surface area (Å²) in [5, 5.41) is 44.8. The number of carbonyl (C=O) groups excluding carboxylic acids is 3. The first kappa shape index (κ1) is 31.0. The number of phenols is 1. The second-order valence-electron chi connectivity index (χ2n) is 12.4. The number of primary amides is 1. The molecule has 0 radical (unpaired) electrons. The predicted molar refractivity (Wildman–Crippen MR) is 147 cm³/mol. The van der Waals surface area contributed by atoms with E-state index in [1.165, 1.54) is 19.0 Å². The number of nitrogens with two attached hydrogens (primary N) is 1. The number of likely N-dealkylation sites (N-methyl/N-ethyl adjacent to an activating group) is 1. The van der Waals surface area contributed by atoms with Crippen molar-refractivity contribution in [1.82, 2.24) is 9.80 Å². The number of amides is 1. The number of hydrogen-bond acceptors (Lipinski definition) is 9. The van der Waals surface area contributed by atoms with Crippen molar-refractivity contribution in [3.8, 4) is 5.75 Å². The van der Waals surface area contributed by atoms with E-state index in [0.717, 1.165) is 25.3 Å². The van der Waals surface area contributed by atoms with E-state index in [1.807, 2.05) is 11.8 Å². The van der Waals surface area contributed by atoms with Crippen molar-refractivity contribution in [3.63, 3.8) is 0 Å². The van der Waals surface area contributed by atoms with Gasteiger partial charge in [0.25, 0.3) is 5.91 Å². The summed E-state index contributed by atoms with van der Waals surface area (Å²) in [4.78, 5) is 42.6. The fourth-order valence-electron chi connectivity index (χ4n) is 7.45. The van der Waals surface area contributed by atoms with Crippen LogP contribution in [0.4, 0.5) is 13.2 Å². The van der Waals surface area contributed by atoms with Gasteiger partial charge in [0.05, 0.1) is 17.2 Å². The maximum absolute atomic E-state index is 14.8. The number of nitrogens with zero attached hydrogens (tertiary/aromatic N) is 2. The van der Waals surface area contributed by atoms with Crippen LogP contribution in [-0.2, 0) is 28.7 Å². The van der Waals surface area contributed by atoms with Crippen LogP contribution in [-0.4, -0.2) is 86.5 Å². The Morgan fingerprint density at radius 2 is 1.81 bits per heavy atom. The molecule has 0 saturated heterocycles. The first-order valence-electron chi connectivity index (χ1n) is 14.4. The number of rotatable bonds is 7. The maximum atomic E-state index is 14.8. The minimum absolute atomic E-state index is 0.0936. The molecule has 10 nitrogen and oxygen atoms in total. The lowest BCUT2D eigenvalue weighted by molar-refractivity contribution is -0.148. The third kappa shape index (κ3) is 4.72. The third-order valence-corrected chi connectivity index (χ3v) is 9.67. The molecule has 4 aliphatic carbocycles. The first-order chi connectivity index (χ1) is 20.0. The van der Waals surface area contributed by atoms with Crippen LogP contribution in [0.5, 0.6) is 5.75 Å². The molecule has 234 valence electrons. The SMILES string of the molecule is CCN(Cc1cc(O)c2c(c1C(F)(F)F)C[C@H]1C[C@H]3[C@H](N(C)C)C(O)=C(C(N)=O)C(=O)[C@@]3(O)C(O)=C1C2=O)CC1CCC1. The minimum atomic E-state index is -4.88. The zero-order valence-corrected chi connectivity index (χ0v) is 24.2. The third-order valence-electron chi connectivity index (χ3n) is 9.67. The van der Waals surface area contributed by atoms with Crippen LogP contribution in [0.3, 0.4) is 0 Å². The van der Waals surface area contributed by atoms with Crippen molar-refractivity contribution in [2.24, 2.45) is 23.5 Å². The summed E-state index contributed by atoms with van der Waals surface area (Å²) in [7, 11) is 2.95. The average Bonchev–Trinajstić information content (AvgIpc) is 2.86. The number of fused-ring (bicyclic) bond motifs is 3. The fraction of sp³-hybridized carbons (Fsp3) is 0.567. The van der Waals surface area contributed by atoms with Crippen LogP contribution >= 0.6 is 0 Å². The Kier molecular flexibility index (Phi) is 7.67. The smallest absolute Gasteiger partial charge is 0.417 e. The molecule has 0 unspecified atom stereocenters. The molecule has 6 N–H and O–H groups in total. The van der Waals surface area contributed by atoms with Gasteiger partial charge in [0, 0.05) is 24.6 Å². The number of aliphatic hydroxyl groups excluding tert-OH is 2. The number of halogens is 3. The van der Waals surface area contributed by atoms with E-state index in [1.54, 1.807) is 0 Å². The summed E-state index contributed by atoms with van der Waals surface area (Å²) in [6, 6.07) is -0.307. The Morgan fingerprint density at radius 1 is 1.16 bits per heavy atom. The Labute approximate surface area is 246 Å². The van der Waals surface area contributed by atoms with E-state index < -0.39 is 98.7 Å². The molecular formula is C30H36F3N3O7. The molecule has 43 heavy (non-hydrogen) atoms. The van der Waals surface area contributed by atoms with Gasteiger partial charge in [-0.1, -0.05) is 13.3 Å². The molecule has 13 heteroatoms. The number of hydrogen-bond donors (Lipinski definition) is 5. The lowest BCUT2D eigenvalue weighted by Crippen LogP contribution is -2.63. The second kappa shape index (κ2) is 10.6. The number of ketones is 2. The van der Waals surface area contributed by atoms with Gasteiger partial charge in [0.2, 0.25) is 5.78 Å². The largest absolute Gasteiger partial charge is 0.510 e.